The van der Waals surface area contributed by atoms with E-state index < -0.39 is 0 Å². The Morgan fingerprint density at radius 3 is 1.73 bits per heavy atom. The van der Waals surface area contributed by atoms with Gasteiger partial charge in [0, 0.05) is 64.0 Å². The lowest BCUT2D eigenvalue weighted by Crippen LogP contribution is -2.00. The third-order valence-electron chi connectivity index (χ3n) is 7.05. The summed E-state index contributed by atoms with van der Waals surface area (Å²) >= 11 is 0. The Morgan fingerprint density at radius 2 is 1.07 bits per heavy atom. The quantitative estimate of drug-likeness (QED) is 0.251. The Hall–Kier alpha value is -5.89. The average molecular weight is 529 g/mol. The fraction of sp³-hybridized carbons (Fsp3) is 0. The predicted molar refractivity (Wildman–Crippen MR) is 159 cm³/mol. The van der Waals surface area contributed by atoms with Crippen LogP contribution < -0.4 is 0 Å². The zero-order valence-corrected chi connectivity index (χ0v) is 21.6. The second-order valence-corrected chi connectivity index (χ2v) is 9.59. The van der Waals surface area contributed by atoms with E-state index in [2.05, 4.69) is 34.2 Å². The van der Waals surface area contributed by atoms with Crippen LogP contribution in [-0.2, 0) is 0 Å². The molecule has 0 bridgehead atoms. The van der Waals surface area contributed by atoms with Crippen molar-refractivity contribution in [3.05, 3.63) is 122 Å². The molecule has 8 aromatic rings. The Bertz CT molecular complexity index is 2130. The lowest BCUT2D eigenvalue weighted by Gasteiger charge is -2.10. The third-order valence-corrected chi connectivity index (χ3v) is 7.05. The molecule has 6 aromatic heterocycles. The van der Waals surface area contributed by atoms with Gasteiger partial charge in [0.15, 0.2) is 23.1 Å². The van der Waals surface area contributed by atoms with Crippen LogP contribution in [0, 0.1) is 0 Å². The zero-order valence-electron chi connectivity index (χ0n) is 21.6. The van der Waals surface area contributed by atoms with Crippen molar-refractivity contribution in [1.82, 2.24) is 39.3 Å². The number of rotatable bonds is 4. The molecular formula is C33H20N8. The molecular weight excluding hydrogens is 508 g/mol. The Balaban J connectivity index is 1.27. The fourth-order valence-corrected chi connectivity index (χ4v) is 5.08. The van der Waals surface area contributed by atoms with Crippen molar-refractivity contribution < 1.29 is 0 Å². The van der Waals surface area contributed by atoms with Gasteiger partial charge >= 0.3 is 0 Å². The van der Waals surface area contributed by atoms with Crippen LogP contribution in [0.4, 0.5) is 0 Å². The van der Waals surface area contributed by atoms with Crippen molar-refractivity contribution in [2.24, 2.45) is 0 Å². The first-order chi connectivity index (χ1) is 20.3. The molecule has 0 fully saturated rings. The normalized spacial score (nSPS) is 11.4. The largest absolute Gasteiger partial charge is 0.284 e. The first-order valence-corrected chi connectivity index (χ1v) is 13.1. The second kappa shape index (κ2) is 9.39. The average Bonchev–Trinajstić information content (AvgIpc) is 3.44. The Kier molecular flexibility index (Phi) is 5.28. The number of benzene rings is 2. The Morgan fingerprint density at radius 1 is 0.463 bits per heavy atom. The summed E-state index contributed by atoms with van der Waals surface area (Å²) in [5.41, 5.74) is 6.98. The first-order valence-electron chi connectivity index (χ1n) is 13.1. The molecule has 6 heterocycles. The Labute approximate surface area is 234 Å². The lowest BCUT2D eigenvalue weighted by molar-refractivity contribution is 1.07. The van der Waals surface area contributed by atoms with Crippen molar-refractivity contribution in [3.63, 3.8) is 0 Å². The topological polar surface area (TPSA) is 94.6 Å². The van der Waals surface area contributed by atoms with E-state index in [-0.39, 0.29) is 0 Å². The van der Waals surface area contributed by atoms with Gasteiger partial charge in [-0.2, -0.15) is 0 Å². The summed E-state index contributed by atoms with van der Waals surface area (Å²) in [6, 6.07) is 30.1. The molecule has 8 rings (SSSR count). The van der Waals surface area contributed by atoms with E-state index in [0.717, 1.165) is 55.5 Å². The summed E-state index contributed by atoms with van der Waals surface area (Å²) in [5, 5.41) is 2.12. The number of imidazole rings is 1. The van der Waals surface area contributed by atoms with Gasteiger partial charge in [-0.25, -0.2) is 24.9 Å². The molecule has 0 radical (unpaired) electrons. The highest BCUT2D eigenvalue weighted by Crippen LogP contribution is 2.33. The molecule has 0 aliphatic heterocycles. The number of nitrogens with zero attached hydrogens (tertiary/aromatic N) is 8. The number of hydrogen-bond acceptors (Lipinski definition) is 7. The molecule has 8 nitrogen and oxygen atoms in total. The van der Waals surface area contributed by atoms with Gasteiger partial charge in [-0.3, -0.25) is 14.4 Å². The smallest absolute Gasteiger partial charge is 0.165 e. The summed E-state index contributed by atoms with van der Waals surface area (Å²) in [4.78, 5) is 32.8. The van der Waals surface area contributed by atoms with Crippen LogP contribution in [-0.4, -0.2) is 39.3 Å². The highest BCUT2D eigenvalue weighted by Gasteiger charge is 2.16. The van der Waals surface area contributed by atoms with E-state index >= 15 is 0 Å². The molecule has 41 heavy (non-hydrogen) atoms. The molecule has 0 unspecified atom stereocenters. The maximum atomic E-state index is 5.12. The molecule has 0 aliphatic rings. The van der Waals surface area contributed by atoms with Crippen LogP contribution in [0.1, 0.15) is 0 Å². The monoisotopic (exact) mass is 528 g/mol. The van der Waals surface area contributed by atoms with Crippen molar-refractivity contribution in [3.8, 4) is 45.4 Å². The molecule has 0 saturated heterocycles. The van der Waals surface area contributed by atoms with Crippen LogP contribution in [0.15, 0.2) is 122 Å². The minimum atomic E-state index is 0.553. The molecule has 192 valence electrons. The van der Waals surface area contributed by atoms with E-state index in [0.29, 0.717) is 17.5 Å². The van der Waals surface area contributed by atoms with Gasteiger partial charge in [0.25, 0.3) is 0 Å². The van der Waals surface area contributed by atoms with Crippen LogP contribution in [0.2, 0.25) is 0 Å². The molecule has 0 atom stereocenters. The van der Waals surface area contributed by atoms with Crippen LogP contribution >= 0.6 is 0 Å². The first kappa shape index (κ1) is 23.0. The van der Waals surface area contributed by atoms with Crippen LogP contribution in [0.3, 0.4) is 0 Å². The minimum absolute atomic E-state index is 0.553. The second-order valence-electron chi connectivity index (χ2n) is 9.59. The van der Waals surface area contributed by atoms with E-state index in [1.54, 1.807) is 24.8 Å². The summed E-state index contributed by atoms with van der Waals surface area (Å²) in [6.07, 6.45) is 8.97. The third kappa shape index (κ3) is 3.97. The number of fused-ring (bicyclic) bond motifs is 5. The van der Waals surface area contributed by atoms with Crippen molar-refractivity contribution in [1.29, 1.82) is 0 Å². The number of aromatic nitrogens is 8. The lowest BCUT2D eigenvalue weighted by atomic mass is 10.0. The zero-order chi connectivity index (χ0) is 27.2. The molecule has 2 aromatic carbocycles. The minimum Gasteiger partial charge on any atom is -0.284 e. The number of pyridine rings is 4. The summed E-state index contributed by atoms with van der Waals surface area (Å²) in [7, 11) is 0. The highest BCUT2D eigenvalue weighted by atomic mass is 15.1. The van der Waals surface area contributed by atoms with Gasteiger partial charge < -0.3 is 0 Å². The molecule has 0 N–H and O–H groups in total. The van der Waals surface area contributed by atoms with E-state index in [1.807, 2.05) is 77.3 Å². The van der Waals surface area contributed by atoms with Gasteiger partial charge in [-0.15, -0.1) is 0 Å². The summed E-state index contributed by atoms with van der Waals surface area (Å²) in [5.74, 6) is 1.67. The van der Waals surface area contributed by atoms with Gasteiger partial charge in [0.05, 0.1) is 5.69 Å². The molecule has 0 saturated carbocycles. The maximum Gasteiger partial charge on any atom is 0.165 e. The molecule has 0 amide bonds. The number of hydrogen-bond donors (Lipinski definition) is 0. The van der Waals surface area contributed by atoms with E-state index in [9.17, 15) is 0 Å². The molecule has 0 aliphatic carbocycles. The standard InChI is InChI=1S/C33H20N8/c1-2-10-26-25(9-1)28(37-33-29(26)36-27-11-3-4-18-41(27)33)21-12-14-22(15-13-21)30-38-31(23-7-5-16-34-19-23)40-32(39-30)24-8-6-17-35-20-24/h1-20H. The van der Waals surface area contributed by atoms with E-state index in [1.165, 1.54) is 0 Å². The van der Waals surface area contributed by atoms with Gasteiger partial charge in [0.2, 0.25) is 0 Å². The van der Waals surface area contributed by atoms with Crippen LogP contribution in [0.5, 0.6) is 0 Å². The van der Waals surface area contributed by atoms with Gasteiger partial charge in [-0.05, 0) is 36.4 Å². The molecule has 0 spiro atoms. The van der Waals surface area contributed by atoms with Gasteiger partial charge in [0.1, 0.15) is 11.2 Å². The molecule has 8 heteroatoms. The summed E-state index contributed by atoms with van der Waals surface area (Å²) in [6.45, 7) is 0. The van der Waals surface area contributed by atoms with Crippen LogP contribution in [0.25, 0.3) is 73.0 Å². The van der Waals surface area contributed by atoms with Crippen molar-refractivity contribution >= 4 is 27.6 Å². The van der Waals surface area contributed by atoms with Gasteiger partial charge in [-0.1, -0.05) is 54.6 Å². The summed E-state index contributed by atoms with van der Waals surface area (Å²) < 4.78 is 2.03. The predicted octanol–water partition coefficient (Wildman–Crippen LogP) is 6.68. The maximum absolute atomic E-state index is 5.12. The highest BCUT2D eigenvalue weighted by molar-refractivity contribution is 6.09. The fourth-order valence-electron chi connectivity index (χ4n) is 5.08. The van der Waals surface area contributed by atoms with Crippen molar-refractivity contribution in [2.75, 3.05) is 0 Å². The van der Waals surface area contributed by atoms with Crippen molar-refractivity contribution in [2.45, 2.75) is 0 Å². The van der Waals surface area contributed by atoms with E-state index in [4.69, 9.17) is 24.9 Å². The SMILES string of the molecule is c1cncc(-c2nc(-c3ccc(-c4nc5c(nc6ccccn65)c5ccccc45)cc3)nc(-c3cccnc3)n2)c1.